The molecule has 0 aliphatic rings. The van der Waals surface area contributed by atoms with Gasteiger partial charge in [0.25, 0.3) is 0 Å². The highest BCUT2D eigenvalue weighted by atomic mass is 15.2. The number of hydrogen-bond acceptors (Lipinski definition) is 3. The summed E-state index contributed by atoms with van der Waals surface area (Å²) in [5.74, 6) is 0.515. The molecule has 3 aromatic rings. The highest BCUT2D eigenvalue weighted by Gasteiger charge is 2.10. The average molecular weight is 266 g/mol. The third-order valence-corrected chi connectivity index (χ3v) is 3.44. The van der Waals surface area contributed by atoms with E-state index < -0.39 is 0 Å². The minimum absolute atomic E-state index is 0.515. The molecule has 0 saturated heterocycles. The van der Waals surface area contributed by atoms with Crippen LogP contribution in [-0.4, -0.2) is 23.6 Å². The molecule has 0 unspecified atom stereocenters. The fraction of sp³-hybridized carbons (Fsp3) is 0.188. The van der Waals surface area contributed by atoms with Crippen molar-refractivity contribution in [1.29, 1.82) is 0 Å². The zero-order valence-corrected chi connectivity index (χ0v) is 12.0. The Hall–Kier alpha value is -2.49. The first-order valence-electron chi connectivity index (χ1n) is 6.58. The molecule has 2 N–H and O–H groups in total. The van der Waals surface area contributed by atoms with Crippen LogP contribution in [-0.2, 0) is 0 Å². The van der Waals surface area contributed by atoms with Crippen LogP contribution in [0.4, 0.5) is 11.6 Å². The molecule has 102 valence electrons. The van der Waals surface area contributed by atoms with E-state index in [0.29, 0.717) is 5.95 Å². The normalized spacial score (nSPS) is 10.9. The van der Waals surface area contributed by atoms with Gasteiger partial charge in [0.15, 0.2) is 0 Å². The number of rotatable bonds is 2. The second kappa shape index (κ2) is 4.56. The Morgan fingerprint density at radius 3 is 2.65 bits per heavy atom. The van der Waals surface area contributed by atoms with Gasteiger partial charge >= 0.3 is 0 Å². The van der Waals surface area contributed by atoms with E-state index in [0.717, 1.165) is 22.4 Å². The quantitative estimate of drug-likeness (QED) is 0.775. The number of aromatic nitrogens is 2. The molecule has 3 rings (SSSR count). The van der Waals surface area contributed by atoms with Crippen LogP contribution in [0, 0.1) is 6.92 Å². The van der Waals surface area contributed by atoms with Crippen LogP contribution in [0.2, 0.25) is 0 Å². The van der Waals surface area contributed by atoms with Crippen LogP contribution in [0.25, 0.3) is 16.7 Å². The van der Waals surface area contributed by atoms with E-state index in [1.54, 1.807) is 0 Å². The van der Waals surface area contributed by atoms with Crippen molar-refractivity contribution < 1.29 is 0 Å². The van der Waals surface area contributed by atoms with Gasteiger partial charge in [-0.2, -0.15) is 0 Å². The molecule has 1 heterocycles. The second-order valence-electron chi connectivity index (χ2n) is 5.21. The monoisotopic (exact) mass is 266 g/mol. The van der Waals surface area contributed by atoms with Gasteiger partial charge in [-0.25, -0.2) is 4.98 Å². The number of anilines is 2. The van der Waals surface area contributed by atoms with Gasteiger partial charge in [0.05, 0.1) is 16.7 Å². The summed E-state index contributed by atoms with van der Waals surface area (Å²) >= 11 is 0. The number of aryl methyl sites for hydroxylation is 1. The SMILES string of the molecule is Cc1ccc2nc(N)n(-c3cccc(N(C)C)c3)c2c1. The van der Waals surface area contributed by atoms with Gasteiger partial charge < -0.3 is 10.6 Å². The molecule has 20 heavy (non-hydrogen) atoms. The zero-order valence-electron chi connectivity index (χ0n) is 12.0. The molecule has 0 fully saturated rings. The summed E-state index contributed by atoms with van der Waals surface area (Å²) in [6.45, 7) is 2.07. The molecular weight excluding hydrogens is 248 g/mol. The van der Waals surface area contributed by atoms with Gasteiger partial charge in [-0.1, -0.05) is 12.1 Å². The number of hydrogen-bond donors (Lipinski definition) is 1. The van der Waals surface area contributed by atoms with Gasteiger partial charge in [-0.15, -0.1) is 0 Å². The summed E-state index contributed by atoms with van der Waals surface area (Å²) < 4.78 is 2.00. The number of nitrogens with zero attached hydrogens (tertiary/aromatic N) is 3. The van der Waals surface area contributed by atoms with E-state index in [9.17, 15) is 0 Å². The van der Waals surface area contributed by atoms with Crippen molar-refractivity contribution in [2.75, 3.05) is 24.7 Å². The topological polar surface area (TPSA) is 47.1 Å². The van der Waals surface area contributed by atoms with E-state index in [-0.39, 0.29) is 0 Å². The fourth-order valence-electron chi connectivity index (χ4n) is 2.39. The van der Waals surface area contributed by atoms with Crippen molar-refractivity contribution in [3.63, 3.8) is 0 Å². The van der Waals surface area contributed by atoms with E-state index in [2.05, 4.69) is 41.1 Å². The summed E-state index contributed by atoms with van der Waals surface area (Å²) in [6.07, 6.45) is 0. The highest BCUT2D eigenvalue weighted by molar-refractivity contribution is 5.81. The molecule has 2 aromatic carbocycles. The first-order valence-corrected chi connectivity index (χ1v) is 6.58. The Bertz CT molecular complexity index is 771. The molecule has 1 aromatic heterocycles. The van der Waals surface area contributed by atoms with Gasteiger partial charge in [-0.3, -0.25) is 4.57 Å². The largest absolute Gasteiger partial charge is 0.378 e. The van der Waals surface area contributed by atoms with Crippen molar-refractivity contribution >= 4 is 22.7 Å². The van der Waals surface area contributed by atoms with Crippen molar-refractivity contribution in [3.8, 4) is 5.69 Å². The summed E-state index contributed by atoms with van der Waals surface area (Å²) in [5, 5.41) is 0. The lowest BCUT2D eigenvalue weighted by Gasteiger charge is -2.14. The standard InChI is InChI=1S/C16H18N4/c1-11-7-8-14-15(9-11)20(16(17)18-14)13-6-4-5-12(10-13)19(2)3/h4-10H,1-3H3,(H2,17,18). The van der Waals surface area contributed by atoms with E-state index in [1.165, 1.54) is 5.56 Å². The number of fused-ring (bicyclic) bond motifs is 1. The smallest absolute Gasteiger partial charge is 0.205 e. The van der Waals surface area contributed by atoms with Gasteiger partial charge in [-0.05, 0) is 42.8 Å². The molecular formula is C16H18N4. The molecule has 0 radical (unpaired) electrons. The number of nitrogens with two attached hydrogens (primary N) is 1. The molecule has 4 heteroatoms. The highest BCUT2D eigenvalue weighted by Crippen LogP contribution is 2.26. The van der Waals surface area contributed by atoms with E-state index >= 15 is 0 Å². The predicted molar refractivity (Wildman–Crippen MR) is 84.5 cm³/mol. The lowest BCUT2D eigenvalue weighted by molar-refractivity contribution is 1.09. The zero-order chi connectivity index (χ0) is 14.3. The summed E-state index contributed by atoms with van der Waals surface area (Å²) in [6, 6.07) is 14.4. The Morgan fingerprint density at radius 1 is 1.10 bits per heavy atom. The van der Waals surface area contributed by atoms with Crippen LogP contribution in [0.3, 0.4) is 0 Å². The molecule has 0 spiro atoms. The molecule has 4 nitrogen and oxygen atoms in total. The average Bonchev–Trinajstić information content (AvgIpc) is 2.74. The van der Waals surface area contributed by atoms with Crippen molar-refractivity contribution in [1.82, 2.24) is 9.55 Å². The minimum atomic E-state index is 0.515. The summed E-state index contributed by atoms with van der Waals surface area (Å²) in [4.78, 5) is 6.51. The predicted octanol–water partition coefficient (Wildman–Crippen LogP) is 2.98. The van der Waals surface area contributed by atoms with Crippen molar-refractivity contribution in [2.45, 2.75) is 6.92 Å². The third-order valence-electron chi connectivity index (χ3n) is 3.44. The van der Waals surface area contributed by atoms with Crippen LogP contribution >= 0.6 is 0 Å². The van der Waals surface area contributed by atoms with Crippen LogP contribution in [0.1, 0.15) is 5.56 Å². The second-order valence-corrected chi connectivity index (χ2v) is 5.21. The lowest BCUT2D eigenvalue weighted by atomic mass is 10.2. The number of imidazole rings is 1. The van der Waals surface area contributed by atoms with Crippen molar-refractivity contribution in [3.05, 3.63) is 48.0 Å². The lowest BCUT2D eigenvalue weighted by Crippen LogP contribution is -2.09. The Morgan fingerprint density at radius 2 is 1.90 bits per heavy atom. The van der Waals surface area contributed by atoms with Crippen LogP contribution in [0.15, 0.2) is 42.5 Å². The maximum absolute atomic E-state index is 6.10. The molecule has 0 aliphatic heterocycles. The number of benzene rings is 2. The molecule has 0 aliphatic carbocycles. The van der Waals surface area contributed by atoms with Gasteiger partial charge in [0, 0.05) is 19.8 Å². The molecule has 0 saturated carbocycles. The summed E-state index contributed by atoms with van der Waals surface area (Å²) in [7, 11) is 4.05. The first-order chi connectivity index (χ1) is 9.56. The Kier molecular flexibility index (Phi) is 2.86. The summed E-state index contributed by atoms with van der Waals surface area (Å²) in [5.41, 5.74) is 11.4. The maximum Gasteiger partial charge on any atom is 0.205 e. The molecule has 0 atom stereocenters. The van der Waals surface area contributed by atoms with Crippen LogP contribution in [0.5, 0.6) is 0 Å². The fourth-order valence-corrected chi connectivity index (χ4v) is 2.39. The maximum atomic E-state index is 6.10. The molecule has 0 bridgehead atoms. The van der Waals surface area contributed by atoms with Crippen LogP contribution < -0.4 is 10.6 Å². The Labute approximate surface area is 118 Å². The minimum Gasteiger partial charge on any atom is -0.378 e. The van der Waals surface area contributed by atoms with Gasteiger partial charge in [0.1, 0.15) is 0 Å². The third kappa shape index (κ3) is 1.99. The van der Waals surface area contributed by atoms with Crippen molar-refractivity contribution in [2.24, 2.45) is 0 Å². The Balaban J connectivity index is 2.26. The molecule has 0 amide bonds. The van der Waals surface area contributed by atoms with E-state index in [4.69, 9.17) is 5.73 Å². The van der Waals surface area contributed by atoms with Gasteiger partial charge in [0.2, 0.25) is 5.95 Å². The van der Waals surface area contributed by atoms with E-state index in [1.807, 2.05) is 36.9 Å². The first kappa shape index (κ1) is 12.5. The number of nitrogen functional groups attached to an aromatic ring is 1.